The molecule has 1 aromatic rings. The molecule has 8 saturated carbocycles. The first-order chi connectivity index (χ1) is 14.7. The van der Waals surface area contributed by atoms with Gasteiger partial charge in [0.25, 0.3) is 0 Å². The van der Waals surface area contributed by atoms with Crippen molar-refractivity contribution < 1.29 is 0 Å². The van der Waals surface area contributed by atoms with Crippen LogP contribution in [0.2, 0.25) is 0 Å². The molecule has 1 heteroatoms. The molecule has 8 aliphatic carbocycles. The quantitative estimate of drug-likeness (QED) is 0.430. The fraction of sp³-hybridized carbons (Fsp3) is 0.759. The topological polar surface area (TPSA) is 0 Å². The van der Waals surface area contributed by atoms with Gasteiger partial charge in [0, 0.05) is 9.49 Å². The van der Waals surface area contributed by atoms with Crippen LogP contribution < -0.4 is 0 Å². The van der Waals surface area contributed by atoms with Crippen LogP contribution in [0.5, 0.6) is 0 Å². The second-order valence-electron chi connectivity index (χ2n) is 12.7. The third-order valence-electron chi connectivity index (χ3n) is 10.5. The van der Waals surface area contributed by atoms with Gasteiger partial charge in [-0.1, -0.05) is 35.7 Å². The monoisotopic (exact) mass is 420 g/mol. The van der Waals surface area contributed by atoms with E-state index < -0.39 is 0 Å². The number of aryl methyl sites for hydroxylation is 1. The van der Waals surface area contributed by atoms with Gasteiger partial charge in [0.05, 0.1) is 0 Å². The first-order valence-electron chi connectivity index (χ1n) is 13.3. The molecule has 0 radical (unpaired) electrons. The Morgan fingerprint density at radius 1 is 0.633 bits per heavy atom. The van der Waals surface area contributed by atoms with Crippen molar-refractivity contribution in [3.05, 3.63) is 35.9 Å². The highest BCUT2D eigenvalue weighted by Gasteiger charge is 2.59. The second kappa shape index (κ2) is 6.97. The molecule has 0 spiro atoms. The summed E-state index contributed by atoms with van der Waals surface area (Å²) in [5.74, 6) is 6.60. The van der Waals surface area contributed by atoms with E-state index in [0.717, 1.165) is 45.0 Å². The fourth-order valence-electron chi connectivity index (χ4n) is 10.4. The van der Waals surface area contributed by atoms with Crippen LogP contribution in [0.15, 0.2) is 30.3 Å². The van der Waals surface area contributed by atoms with Crippen LogP contribution in [-0.2, 0) is 6.42 Å². The Morgan fingerprint density at radius 2 is 1.03 bits per heavy atom. The largest absolute Gasteiger partial charge is 0.177 e. The summed E-state index contributed by atoms with van der Waals surface area (Å²) >= 11 is 0. The molecule has 0 aliphatic heterocycles. The molecule has 30 heavy (non-hydrogen) atoms. The maximum absolute atomic E-state index is 2.99. The predicted octanol–water partition coefficient (Wildman–Crippen LogP) is 7.63. The summed E-state index contributed by atoms with van der Waals surface area (Å²) in [5, 5.41) is 2.99. The lowest BCUT2D eigenvalue weighted by atomic mass is 9.55. The molecular formula is C29H40S. The Kier molecular flexibility index (Phi) is 4.40. The molecule has 8 bridgehead atoms. The molecular weight excluding hydrogens is 380 g/mol. The summed E-state index contributed by atoms with van der Waals surface area (Å²) in [5.41, 5.74) is 1.55. The summed E-state index contributed by atoms with van der Waals surface area (Å²) in [4.78, 5) is 0. The van der Waals surface area contributed by atoms with Crippen LogP contribution in [0, 0.1) is 35.5 Å². The van der Waals surface area contributed by atoms with E-state index in [1.807, 2.05) is 0 Å². The van der Waals surface area contributed by atoms with Crippen molar-refractivity contribution >= 4 is 15.9 Å². The summed E-state index contributed by atoms with van der Waals surface area (Å²) in [7, 11) is 0.567. The zero-order chi connectivity index (χ0) is 19.8. The van der Waals surface area contributed by atoms with Crippen LogP contribution in [-0.4, -0.2) is 14.9 Å². The minimum atomic E-state index is 0.567. The smallest absolute Gasteiger partial charge is 0.0121 e. The molecule has 8 aliphatic rings. The van der Waals surface area contributed by atoms with Gasteiger partial charge in [0.1, 0.15) is 0 Å². The Hall–Kier alpha value is -0.560. The van der Waals surface area contributed by atoms with Crippen molar-refractivity contribution in [3.63, 3.8) is 0 Å². The van der Waals surface area contributed by atoms with E-state index in [1.165, 1.54) is 12.8 Å². The Labute approximate surface area is 186 Å². The second-order valence-corrected chi connectivity index (χ2v) is 15.5. The first kappa shape index (κ1) is 19.0. The van der Waals surface area contributed by atoms with E-state index in [1.54, 1.807) is 82.6 Å². The third-order valence-corrected chi connectivity index (χ3v) is 13.9. The maximum atomic E-state index is 2.99. The van der Waals surface area contributed by atoms with E-state index in [2.05, 4.69) is 35.7 Å². The summed E-state index contributed by atoms with van der Waals surface area (Å²) in [6.45, 7) is 0. The van der Waals surface area contributed by atoms with Gasteiger partial charge in [0.15, 0.2) is 0 Å². The van der Waals surface area contributed by atoms with Crippen molar-refractivity contribution in [3.8, 4) is 0 Å². The average molecular weight is 421 g/mol. The van der Waals surface area contributed by atoms with Crippen LogP contribution in [0.3, 0.4) is 0 Å². The zero-order valence-electron chi connectivity index (χ0n) is 18.7. The third kappa shape index (κ3) is 3.04. The van der Waals surface area contributed by atoms with E-state index in [4.69, 9.17) is 0 Å². The first-order valence-corrected chi connectivity index (χ1v) is 14.6. The van der Waals surface area contributed by atoms with Gasteiger partial charge in [0.2, 0.25) is 0 Å². The Bertz CT molecular complexity index is 717. The Morgan fingerprint density at radius 3 is 1.43 bits per heavy atom. The molecule has 0 atom stereocenters. The molecule has 9 rings (SSSR count). The SMILES string of the molecule is C(CCc1ccccc1)=S(C12CC3CC(CC(C3)C1)C2)C12CC3CC(CC(C3)C1)C2. The van der Waals surface area contributed by atoms with Gasteiger partial charge in [-0.3, -0.25) is 0 Å². The molecule has 0 heterocycles. The summed E-state index contributed by atoms with van der Waals surface area (Å²) in [6.07, 6.45) is 21.9. The van der Waals surface area contributed by atoms with Gasteiger partial charge in [-0.15, -0.1) is 0 Å². The molecule has 0 nitrogen and oxygen atoms in total. The van der Waals surface area contributed by atoms with E-state index in [-0.39, 0.29) is 0 Å². The molecule has 1 aromatic carbocycles. The van der Waals surface area contributed by atoms with Crippen LogP contribution in [0.1, 0.15) is 89.0 Å². The minimum Gasteiger partial charge on any atom is -0.177 e. The summed E-state index contributed by atoms with van der Waals surface area (Å²) < 4.78 is 1.47. The zero-order valence-corrected chi connectivity index (χ0v) is 19.6. The summed E-state index contributed by atoms with van der Waals surface area (Å²) in [6, 6.07) is 11.3. The van der Waals surface area contributed by atoms with Gasteiger partial charge in [-0.05, 0) is 131 Å². The lowest BCUT2D eigenvalue weighted by Gasteiger charge is -2.65. The van der Waals surface area contributed by atoms with Gasteiger partial charge < -0.3 is 0 Å². The van der Waals surface area contributed by atoms with Crippen molar-refractivity contribution in [1.29, 1.82) is 0 Å². The average Bonchev–Trinajstić information content (AvgIpc) is 2.70. The van der Waals surface area contributed by atoms with E-state index in [0.29, 0.717) is 10.5 Å². The maximum Gasteiger partial charge on any atom is 0.0121 e. The molecule has 0 saturated heterocycles. The number of benzene rings is 1. The minimum absolute atomic E-state index is 0.567. The molecule has 0 unspecified atom stereocenters. The Balaban J connectivity index is 1.25. The van der Waals surface area contributed by atoms with Crippen molar-refractivity contribution in [2.24, 2.45) is 35.5 Å². The van der Waals surface area contributed by atoms with Crippen molar-refractivity contribution in [2.75, 3.05) is 0 Å². The van der Waals surface area contributed by atoms with Crippen LogP contribution in [0.25, 0.3) is 0 Å². The van der Waals surface area contributed by atoms with Crippen molar-refractivity contribution in [2.45, 2.75) is 99.4 Å². The van der Waals surface area contributed by atoms with Gasteiger partial charge in [-0.25, -0.2) is 0 Å². The molecule has 0 aromatic heterocycles. The highest BCUT2D eigenvalue weighted by molar-refractivity contribution is 8.17. The van der Waals surface area contributed by atoms with Crippen molar-refractivity contribution in [1.82, 2.24) is 0 Å². The highest BCUT2D eigenvalue weighted by atomic mass is 32.2. The fourth-order valence-corrected chi connectivity index (χ4v) is 14.9. The number of hydrogen-bond acceptors (Lipinski definition) is 0. The van der Waals surface area contributed by atoms with Gasteiger partial charge >= 0.3 is 0 Å². The number of hydrogen-bond donors (Lipinski definition) is 0. The predicted molar refractivity (Wildman–Crippen MR) is 130 cm³/mol. The highest BCUT2D eigenvalue weighted by Crippen LogP contribution is 2.71. The van der Waals surface area contributed by atoms with Crippen LogP contribution in [0.4, 0.5) is 0 Å². The number of rotatable bonds is 5. The standard InChI is InChI=1S/C29H40S/c1-2-5-21(6-3-1)7-4-8-30(28-15-22-9-23(16-28)11-24(10-22)17-28)29-18-25-12-26(19-29)14-27(13-25)20-29/h1-3,5-6,8,22-27H,4,7,9-20H2. The molecule has 8 fully saturated rings. The van der Waals surface area contributed by atoms with E-state index in [9.17, 15) is 0 Å². The normalized spacial score (nSPS) is 48.8. The lowest BCUT2D eigenvalue weighted by Crippen LogP contribution is -2.56. The molecule has 0 amide bonds. The van der Waals surface area contributed by atoms with E-state index >= 15 is 0 Å². The van der Waals surface area contributed by atoms with Crippen LogP contribution >= 0.6 is 10.5 Å². The van der Waals surface area contributed by atoms with Gasteiger partial charge in [-0.2, -0.15) is 10.5 Å². The lowest BCUT2D eigenvalue weighted by molar-refractivity contribution is 0.0237. The molecule has 162 valence electrons. The molecule has 0 N–H and O–H groups in total.